The van der Waals surface area contributed by atoms with Crippen LogP contribution in [0.3, 0.4) is 0 Å². The molecule has 0 fully saturated rings. The molecule has 24 aromatic rings. The lowest BCUT2D eigenvalue weighted by Gasteiger charge is -2.30. The Bertz CT molecular complexity index is 7450. The number of nitrogens with zero attached hydrogens (tertiary/aromatic N) is 4. The first kappa shape index (κ1) is 77.2. The normalized spacial score (nSPS) is 11.5. The number of hydrogen-bond donors (Lipinski definition) is 0. The van der Waals surface area contributed by atoms with Crippen molar-refractivity contribution in [2.45, 2.75) is 0 Å². The van der Waals surface area contributed by atoms with Crippen LogP contribution in [0.15, 0.2) is 486 Å². The van der Waals surface area contributed by atoms with E-state index < -0.39 is 0 Å². The fourth-order valence-corrected chi connectivity index (χ4v) is 21.5. The lowest BCUT2D eigenvalue weighted by Crippen LogP contribution is -2.13. The number of anilines is 12. The molecule has 130 heavy (non-hydrogen) atoms. The molecule has 0 N–H and O–H groups in total. The highest BCUT2D eigenvalue weighted by atomic mass is 32.1. The van der Waals surface area contributed by atoms with Crippen molar-refractivity contribution in [2.75, 3.05) is 19.6 Å². The minimum absolute atomic E-state index is 0.903. The summed E-state index contributed by atoms with van der Waals surface area (Å²) in [5.74, 6) is 0. The summed E-state index contributed by atoms with van der Waals surface area (Å²) in [5.41, 5.74) is 31.5. The maximum absolute atomic E-state index is 6.43. The fraction of sp³-hybridized carbons (Fsp3) is 0. The molecule has 0 amide bonds. The van der Waals surface area contributed by atoms with E-state index >= 15 is 0 Å². The minimum atomic E-state index is 0.903. The van der Waals surface area contributed by atoms with Gasteiger partial charge in [-0.15, -0.1) is 34.0 Å². The molecule has 0 atom stereocenters. The minimum Gasteiger partial charge on any atom is -0.455 e. The van der Waals surface area contributed by atoms with Crippen molar-refractivity contribution in [3.8, 4) is 96.0 Å². The zero-order chi connectivity index (χ0) is 86.0. The molecule has 614 valence electrons. The van der Waals surface area contributed by atoms with Crippen LogP contribution in [-0.2, 0) is 0 Å². The first-order valence-electron chi connectivity index (χ1n) is 43.7. The highest BCUT2D eigenvalue weighted by molar-refractivity contribution is 7.19. The molecule has 0 bridgehead atoms. The van der Waals surface area contributed by atoms with Gasteiger partial charge in [-0.3, -0.25) is 0 Å². The van der Waals surface area contributed by atoms with Gasteiger partial charge in [-0.25, -0.2) is 0 Å². The molecule has 0 unspecified atom stereocenters. The number of rotatable bonds is 21. The van der Waals surface area contributed by atoms with Crippen LogP contribution in [0.1, 0.15) is 0 Å². The summed E-state index contributed by atoms with van der Waals surface area (Å²) in [5, 5.41) is 6.79. The molecule has 0 aliphatic heterocycles. The van der Waals surface area contributed by atoms with Gasteiger partial charge in [-0.1, -0.05) is 273 Å². The van der Waals surface area contributed by atoms with Crippen LogP contribution in [-0.4, -0.2) is 0 Å². The van der Waals surface area contributed by atoms with E-state index in [9.17, 15) is 0 Å². The van der Waals surface area contributed by atoms with E-state index in [0.29, 0.717) is 0 Å². The summed E-state index contributed by atoms with van der Waals surface area (Å²) in [6.45, 7) is 0. The molecule has 6 heterocycles. The third-order valence-electron chi connectivity index (χ3n) is 24.8. The van der Waals surface area contributed by atoms with Crippen LogP contribution < -0.4 is 19.6 Å². The van der Waals surface area contributed by atoms with Crippen LogP contribution in [0.5, 0.6) is 0 Å². The van der Waals surface area contributed by atoms with Crippen LogP contribution >= 0.6 is 34.0 Å². The zero-order valence-corrected chi connectivity index (χ0v) is 72.7. The number of furan rings is 3. The van der Waals surface area contributed by atoms with Crippen molar-refractivity contribution in [3.63, 3.8) is 0 Å². The molecule has 0 radical (unpaired) electrons. The summed E-state index contributed by atoms with van der Waals surface area (Å²) in [4.78, 5) is 16.6. The van der Waals surface area contributed by atoms with Gasteiger partial charge in [0, 0.05) is 147 Å². The highest BCUT2D eigenvalue weighted by Crippen LogP contribution is 2.49. The first-order valence-corrected chi connectivity index (χ1v) is 46.2. The summed E-state index contributed by atoms with van der Waals surface area (Å²) >= 11 is 5.43. The number of thiophene rings is 3. The van der Waals surface area contributed by atoms with Gasteiger partial charge in [-0.2, -0.15) is 0 Å². The van der Waals surface area contributed by atoms with E-state index in [4.69, 9.17) is 13.3 Å². The second kappa shape index (κ2) is 33.2. The third kappa shape index (κ3) is 14.4. The Morgan fingerprint density at radius 1 is 0.131 bits per heavy atom. The summed E-state index contributed by atoms with van der Waals surface area (Å²) < 4.78 is 19.3. The van der Waals surface area contributed by atoms with Gasteiger partial charge in [0.25, 0.3) is 0 Å². The van der Waals surface area contributed by atoms with Gasteiger partial charge in [0.15, 0.2) is 0 Å². The topological polar surface area (TPSA) is 52.4 Å². The first-order chi connectivity index (χ1) is 64.4. The predicted octanol–water partition coefficient (Wildman–Crippen LogP) is 36.5. The van der Waals surface area contributed by atoms with E-state index in [1.807, 2.05) is 70.4 Å². The second-order valence-corrected chi connectivity index (χ2v) is 35.9. The molecule has 24 rings (SSSR count). The molecule has 0 saturated heterocycles. The van der Waals surface area contributed by atoms with Gasteiger partial charge < -0.3 is 32.9 Å². The van der Waals surface area contributed by atoms with E-state index in [2.05, 4.69) is 456 Å². The Labute approximate surface area is 764 Å². The number of benzene rings is 18. The molecule has 0 spiro atoms. The van der Waals surface area contributed by atoms with Gasteiger partial charge >= 0.3 is 0 Å². The molecular formula is C120H78N4O3S3. The number of hydrogen-bond acceptors (Lipinski definition) is 10. The molecule has 7 nitrogen and oxygen atoms in total. The average Bonchev–Trinajstić information content (AvgIpc) is 1.46. The van der Waals surface area contributed by atoms with E-state index in [1.165, 1.54) is 46.0 Å². The van der Waals surface area contributed by atoms with Gasteiger partial charge in [0.2, 0.25) is 0 Å². The van der Waals surface area contributed by atoms with E-state index in [1.54, 1.807) is 0 Å². The maximum Gasteiger partial charge on any atom is 0.143 e. The Morgan fingerprint density at radius 3 is 0.523 bits per heavy atom. The van der Waals surface area contributed by atoms with Crippen molar-refractivity contribution >= 4 is 168 Å². The smallest absolute Gasteiger partial charge is 0.143 e. The third-order valence-corrected chi connectivity index (χ3v) is 28.4. The molecule has 6 aromatic heterocycles. The molecule has 0 saturated carbocycles. The van der Waals surface area contributed by atoms with Crippen LogP contribution in [0.4, 0.5) is 68.2 Å². The van der Waals surface area contributed by atoms with Crippen molar-refractivity contribution in [2.24, 2.45) is 0 Å². The molecule has 10 heteroatoms. The Morgan fingerprint density at radius 2 is 0.300 bits per heavy atom. The fourth-order valence-electron chi connectivity index (χ4n) is 18.4. The molecular weight excluding hydrogens is 1640 g/mol. The van der Waals surface area contributed by atoms with Crippen molar-refractivity contribution in [1.82, 2.24) is 0 Å². The summed E-state index contributed by atoms with van der Waals surface area (Å²) in [6, 6.07) is 170. The van der Waals surface area contributed by atoms with Crippen molar-refractivity contribution < 1.29 is 13.3 Å². The van der Waals surface area contributed by atoms with Gasteiger partial charge in [0.1, 0.15) is 33.5 Å². The Kier molecular flexibility index (Phi) is 19.7. The van der Waals surface area contributed by atoms with Crippen LogP contribution in [0, 0.1) is 0 Å². The quantitative estimate of drug-likeness (QED) is 0.0710. The average molecular weight is 1720 g/mol. The SMILES string of the molecule is c1ccc(N(c2ccc(-c3ccc(-c4ccc(-c5cccc6c5oc5ccccc56)cc4)s3)cc2)c2ccc(N(c3ccc(N(c4ccccc4)c4ccc(-c5ccc(-c6ccc(-c7cccc8c7oc7ccccc78)cc6)s5)cc4)cc3)c3ccc(N(c4ccccc4)c4ccc(-c5ccc(-c6ccc(-c7cccc8c7oc7ccccc78)cc6)s5)cc4)cc3)cc2)cc1. The van der Waals surface area contributed by atoms with Crippen molar-refractivity contribution in [3.05, 3.63) is 473 Å². The zero-order valence-electron chi connectivity index (χ0n) is 70.3. The molecule has 18 aromatic carbocycles. The Balaban J connectivity index is 0.531. The summed E-state index contributed by atoms with van der Waals surface area (Å²) in [7, 11) is 0. The Hall–Kier alpha value is -16.3. The maximum atomic E-state index is 6.43. The highest BCUT2D eigenvalue weighted by Gasteiger charge is 2.24. The number of para-hydroxylation sites is 9. The summed E-state index contributed by atoms with van der Waals surface area (Å²) in [6.07, 6.45) is 0. The van der Waals surface area contributed by atoms with Crippen molar-refractivity contribution in [1.29, 1.82) is 0 Å². The monoisotopic (exact) mass is 1720 g/mol. The second-order valence-electron chi connectivity index (χ2n) is 32.6. The van der Waals surface area contributed by atoms with Crippen LogP contribution in [0.2, 0.25) is 0 Å². The largest absolute Gasteiger partial charge is 0.455 e. The van der Waals surface area contributed by atoms with E-state index in [0.717, 1.165) is 184 Å². The predicted molar refractivity (Wildman–Crippen MR) is 550 cm³/mol. The lowest BCUT2D eigenvalue weighted by molar-refractivity contribution is 0.669. The van der Waals surface area contributed by atoms with Gasteiger partial charge in [-0.05, 0) is 250 Å². The molecule has 0 aliphatic carbocycles. The lowest BCUT2D eigenvalue weighted by atomic mass is 10.0. The standard InChI is InChI=1S/C120H78N4O3S3/c1-4-19-88(20-5-1)121(91-55-49-85(50-56-91)115-76-73-112(128-115)82-43-37-79(38-44-82)100-28-16-31-106-103-25-10-13-34-109(103)125-118(100)106)94-61-67-97(68-62-94)124(98-69-63-95(64-70-98)122(89-21-6-2-7-22-89)92-57-51-86(52-58-92)116-77-74-113(129-116)83-45-39-80(40-46-83)101-29-17-32-107-104-26-11-14-35-110(104)126-119(101)107)99-71-65-96(66-72-99)123(90-23-8-3-9-24-90)93-59-53-87(54-60-93)117-78-75-114(130-117)84-47-41-81(42-48-84)102-30-18-33-108-105-27-12-15-36-111(105)127-120(102)108/h1-78H. The van der Waals surface area contributed by atoms with Gasteiger partial charge in [0.05, 0.1) is 0 Å². The molecule has 0 aliphatic rings. The van der Waals surface area contributed by atoms with E-state index in [-0.39, 0.29) is 0 Å². The van der Waals surface area contributed by atoms with Crippen LogP contribution in [0.25, 0.3) is 162 Å². The number of fused-ring (bicyclic) bond motifs is 9.